The third-order valence-corrected chi connectivity index (χ3v) is 8.51. The van der Waals surface area contributed by atoms with Crippen LogP contribution in [0, 0.1) is 11.6 Å². The summed E-state index contributed by atoms with van der Waals surface area (Å²) >= 11 is 24.0. The maximum Gasteiger partial charge on any atom is 0.276 e. The Labute approximate surface area is 252 Å². The van der Waals surface area contributed by atoms with E-state index in [-0.39, 0.29) is 59.5 Å². The van der Waals surface area contributed by atoms with Gasteiger partial charge in [-0.25, -0.2) is 18.1 Å². The summed E-state index contributed by atoms with van der Waals surface area (Å²) in [5.41, 5.74) is -0.334. The largest absolute Gasteiger partial charge is 0.506 e. The lowest BCUT2D eigenvalue weighted by Gasteiger charge is -2.17. The highest BCUT2D eigenvalue weighted by atomic mass is 35.5. The van der Waals surface area contributed by atoms with Gasteiger partial charge in [0, 0.05) is 37.3 Å². The fourth-order valence-corrected chi connectivity index (χ4v) is 6.21. The van der Waals surface area contributed by atoms with Crippen LogP contribution in [0.4, 0.5) is 8.78 Å². The lowest BCUT2D eigenvalue weighted by atomic mass is 10.1. The van der Waals surface area contributed by atoms with Gasteiger partial charge in [-0.3, -0.25) is 19.0 Å². The van der Waals surface area contributed by atoms with Crippen molar-refractivity contribution in [2.24, 2.45) is 0 Å². The van der Waals surface area contributed by atoms with E-state index >= 15 is 0 Å². The lowest BCUT2D eigenvalue weighted by Crippen LogP contribution is -2.27. The fourth-order valence-electron chi connectivity index (χ4n) is 5.11. The van der Waals surface area contributed by atoms with Crippen molar-refractivity contribution >= 4 is 46.4 Å². The minimum atomic E-state index is -0.685. The monoisotopic (exact) mass is 646 g/mol. The van der Waals surface area contributed by atoms with Crippen molar-refractivity contribution in [1.29, 1.82) is 0 Å². The first-order chi connectivity index (χ1) is 19.5. The molecule has 0 radical (unpaired) electrons. The number of rotatable bonds is 3. The third kappa shape index (κ3) is 5.27. The van der Waals surface area contributed by atoms with Crippen molar-refractivity contribution < 1.29 is 18.6 Å². The van der Waals surface area contributed by atoms with Crippen molar-refractivity contribution in [3.05, 3.63) is 77.0 Å². The number of hydrogen-bond donors (Lipinski definition) is 1. The molecule has 0 saturated carbocycles. The van der Waals surface area contributed by atoms with Crippen LogP contribution in [0.5, 0.6) is 11.5 Å². The molecule has 0 unspecified atom stereocenters. The summed E-state index contributed by atoms with van der Waals surface area (Å²) < 4.78 is 39.7. The molecule has 2 aliphatic rings. The van der Waals surface area contributed by atoms with Crippen molar-refractivity contribution in [3.63, 3.8) is 0 Å². The molecular formula is C27H24Cl4F2N4O4. The van der Waals surface area contributed by atoms with Gasteiger partial charge in [0.25, 0.3) is 11.1 Å². The van der Waals surface area contributed by atoms with Gasteiger partial charge in [0.1, 0.15) is 33.4 Å². The first kappa shape index (κ1) is 29.6. The number of halogens is 6. The molecule has 0 spiro atoms. The molecular weight excluding hydrogens is 624 g/mol. The SMILES string of the molecule is COc1cc(-c2c(Cl)n3n(c2=O)CCCC3)c(F)cc1Cl.O=c1c(-c2cc(O)c(Cl)cc2F)c(Cl)n2n1CCCC2. The summed E-state index contributed by atoms with van der Waals surface area (Å²) in [7, 11) is 1.43. The Morgan fingerprint density at radius 3 is 1.54 bits per heavy atom. The van der Waals surface area contributed by atoms with Gasteiger partial charge in [-0.05, 0) is 49.9 Å². The maximum absolute atomic E-state index is 14.2. The molecule has 41 heavy (non-hydrogen) atoms. The van der Waals surface area contributed by atoms with Gasteiger partial charge in [-0.2, -0.15) is 0 Å². The molecule has 2 aromatic heterocycles. The second-order valence-corrected chi connectivity index (χ2v) is 11.1. The Balaban J connectivity index is 0.000000165. The van der Waals surface area contributed by atoms with Crippen LogP contribution in [0.25, 0.3) is 22.3 Å². The number of nitrogens with zero attached hydrogens (tertiary/aromatic N) is 4. The summed E-state index contributed by atoms with van der Waals surface area (Å²) in [5, 5.41) is 10.1. The van der Waals surface area contributed by atoms with Gasteiger partial charge in [0.2, 0.25) is 0 Å². The maximum atomic E-state index is 14.2. The molecule has 4 heterocycles. The highest BCUT2D eigenvalue weighted by Gasteiger charge is 2.26. The van der Waals surface area contributed by atoms with Crippen molar-refractivity contribution in [2.75, 3.05) is 7.11 Å². The van der Waals surface area contributed by atoms with Crippen LogP contribution in [0.15, 0.2) is 33.9 Å². The molecule has 2 aliphatic heterocycles. The number of methoxy groups -OCH3 is 1. The Bertz CT molecular complexity index is 1780. The van der Waals surface area contributed by atoms with Gasteiger partial charge < -0.3 is 9.84 Å². The molecule has 0 fully saturated rings. The minimum Gasteiger partial charge on any atom is -0.506 e. The standard InChI is InChI=1S/C14H13Cl2FN2O2.C13H11Cl2FN2O2/c1-21-11-6-8(10(17)7-9(11)15)12-13(16)18-4-2-3-5-19(18)14(12)20;14-8-6-9(16)7(5-10(8)19)11-12(15)17-3-1-2-4-18(17)13(11)20/h6-7H,2-5H2,1H3;5-6,19H,1-4H2. The van der Waals surface area contributed by atoms with E-state index < -0.39 is 11.6 Å². The van der Waals surface area contributed by atoms with E-state index in [4.69, 9.17) is 51.1 Å². The van der Waals surface area contributed by atoms with Crippen LogP contribution in [-0.2, 0) is 26.2 Å². The van der Waals surface area contributed by atoms with Crippen LogP contribution >= 0.6 is 46.4 Å². The van der Waals surface area contributed by atoms with E-state index in [0.29, 0.717) is 31.9 Å². The number of phenols is 1. The molecule has 1 N–H and O–H groups in total. The van der Waals surface area contributed by atoms with Crippen LogP contribution < -0.4 is 15.9 Å². The molecule has 0 bridgehead atoms. The number of fused-ring (bicyclic) bond motifs is 2. The highest BCUT2D eigenvalue weighted by molar-refractivity contribution is 6.34. The van der Waals surface area contributed by atoms with Crippen LogP contribution in [-0.4, -0.2) is 30.9 Å². The molecule has 0 aliphatic carbocycles. The van der Waals surface area contributed by atoms with Crippen LogP contribution in [0.3, 0.4) is 0 Å². The molecule has 6 rings (SSSR count). The van der Waals surface area contributed by atoms with Gasteiger partial charge in [0.15, 0.2) is 0 Å². The molecule has 8 nitrogen and oxygen atoms in total. The first-order valence-corrected chi connectivity index (χ1v) is 14.3. The second-order valence-electron chi connectivity index (χ2n) is 9.60. The van der Waals surface area contributed by atoms with Crippen molar-refractivity contribution in [1.82, 2.24) is 18.7 Å². The van der Waals surface area contributed by atoms with Gasteiger partial charge in [-0.1, -0.05) is 46.4 Å². The van der Waals surface area contributed by atoms with E-state index in [1.165, 1.54) is 17.9 Å². The Morgan fingerprint density at radius 2 is 1.10 bits per heavy atom. The number of ether oxygens (including phenoxy) is 1. The van der Waals surface area contributed by atoms with E-state index in [1.807, 2.05) is 0 Å². The smallest absolute Gasteiger partial charge is 0.276 e. The first-order valence-electron chi connectivity index (χ1n) is 12.7. The van der Waals surface area contributed by atoms with E-state index in [9.17, 15) is 23.5 Å². The normalized spacial score (nSPS) is 14.2. The minimum absolute atomic E-state index is 0.0312. The summed E-state index contributed by atoms with van der Waals surface area (Å²) in [6.07, 6.45) is 3.65. The second kappa shape index (κ2) is 11.8. The summed E-state index contributed by atoms with van der Waals surface area (Å²) in [6, 6.07) is 4.65. The topological polar surface area (TPSA) is 83.3 Å². The molecule has 218 valence electrons. The quantitative estimate of drug-likeness (QED) is 0.264. The molecule has 14 heteroatoms. The van der Waals surface area contributed by atoms with Crippen molar-refractivity contribution in [2.45, 2.75) is 51.9 Å². The van der Waals surface area contributed by atoms with E-state index in [0.717, 1.165) is 43.9 Å². The average Bonchev–Trinajstić information content (AvgIpc) is 3.36. The summed E-state index contributed by atoms with van der Waals surface area (Å²) in [6.45, 7) is 2.42. The molecule has 2 aromatic carbocycles. The molecule has 0 saturated heterocycles. The third-order valence-electron chi connectivity index (χ3n) is 7.14. The Hall–Kier alpha value is -2.92. The van der Waals surface area contributed by atoms with Gasteiger partial charge in [0.05, 0.1) is 28.3 Å². The summed E-state index contributed by atoms with van der Waals surface area (Å²) in [4.78, 5) is 24.8. The van der Waals surface area contributed by atoms with Crippen molar-refractivity contribution in [3.8, 4) is 33.8 Å². The zero-order valence-corrected chi connectivity index (χ0v) is 24.7. The zero-order chi connectivity index (χ0) is 29.6. The van der Waals surface area contributed by atoms with Crippen LogP contribution in [0.1, 0.15) is 25.7 Å². The number of benzene rings is 2. The number of phenolic OH excluding ortho intramolecular Hbond substituents is 1. The van der Waals surface area contributed by atoms with Gasteiger partial charge in [-0.15, -0.1) is 0 Å². The average molecular weight is 648 g/mol. The highest BCUT2D eigenvalue weighted by Crippen LogP contribution is 2.36. The molecule has 4 aromatic rings. The molecule has 0 atom stereocenters. The molecule has 0 amide bonds. The van der Waals surface area contributed by atoms with Crippen LogP contribution in [0.2, 0.25) is 20.4 Å². The van der Waals surface area contributed by atoms with Gasteiger partial charge >= 0.3 is 0 Å². The number of aromatic hydroxyl groups is 1. The summed E-state index contributed by atoms with van der Waals surface area (Å²) in [5.74, 6) is -1.26. The Kier molecular flexibility index (Phi) is 8.48. The lowest BCUT2D eigenvalue weighted by molar-refractivity contribution is 0.356. The predicted octanol–water partition coefficient (Wildman–Crippen LogP) is 6.83. The fraction of sp³-hybridized carbons (Fsp3) is 0.333. The number of hydrogen-bond acceptors (Lipinski definition) is 4. The predicted molar refractivity (Wildman–Crippen MR) is 155 cm³/mol. The zero-order valence-electron chi connectivity index (χ0n) is 21.7. The van der Waals surface area contributed by atoms with E-state index in [2.05, 4.69) is 0 Å². The Morgan fingerprint density at radius 1 is 0.683 bits per heavy atom. The van der Waals surface area contributed by atoms with E-state index in [1.54, 1.807) is 14.0 Å². The number of aromatic nitrogens is 4.